The highest BCUT2D eigenvalue weighted by Gasteiger charge is 2.28. The van der Waals surface area contributed by atoms with Crippen molar-refractivity contribution in [3.8, 4) is 0 Å². The summed E-state index contributed by atoms with van der Waals surface area (Å²) in [6.45, 7) is 2.03. The van der Waals surface area contributed by atoms with Crippen LogP contribution in [0.1, 0.15) is 37.9 Å². The Bertz CT molecular complexity index is 405. The highest BCUT2D eigenvalue weighted by atomic mass is 19.1. The molecule has 0 bridgehead atoms. The fourth-order valence-corrected chi connectivity index (χ4v) is 2.46. The van der Waals surface area contributed by atoms with Crippen molar-refractivity contribution >= 4 is 5.69 Å². The number of aliphatic hydroxyl groups is 2. The smallest absolute Gasteiger partial charge is 0.146 e. The third-order valence-electron chi connectivity index (χ3n) is 3.61. The van der Waals surface area contributed by atoms with Gasteiger partial charge in [0.25, 0.3) is 0 Å². The van der Waals surface area contributed by atoms with Crippen molar-refractivity contribution in [2.45, 2.75) is 38.3 Å². The average molecular weight is 253 g/mol. The van der Waals surface area contributed by atoms with Gasteiger partial charge in [-0.2, -0.15) is 0 Å². The third kappa shape index (κ3) is 2.49. The number of para-hydroxylation sites is 1. The molecule has 0 aliphatic heterocycles. The van der Waals surface area contributed by atoms with Crippen LogP contribution in [-0.2, 0) is 0 Å². The fraction of sp³-hybridized carbons (Fsp3) is 0.571. The standard InChI is InChI=1S/C14H20FNO2/c1-10(18)12-6-3-7-13(15)14(12)16(8-9-17)11-4-2-5-11/h3,6-7,10-11,17-18H,2,4-5,8-9H2,1H3/t10-/m1/s1. The molecule has 0 aromatic heterocycles. The zero-order valence-electron chi connectivity index (χ0n) is 10.6. The van der Waals surface area contributed by atoms with E-state index in [1.165, 1.54) is 6.07 Å². The molecule has 0 spiro atoms. The molecule has 100 valence electrons. The summed E-state index contributed by atoms with van der Waals surface area (Å²) < 4.78 is 14.1. The lowest BCUT2D eigenvalue weighted by molar-refractivity contribution is 0.198. The number of nitrogens with zero attached hydrogens (tertiary/aromatic N) is 1. The summed E-state index contributed by atoms with van der Waals surface area (Å²) in [7, 11) is 0. The summed E-state index contributed by atoms with van der Waals surface area (Å²) in [6, 6.07) is 5.04. The summed E-state index contributed by atoms with van der Waals surface area (Å²) in [5.74, 6) is -0.325. The van der Waals surface area contributed by atoms with E-state index in [9.17, 15) is 9.50 Å². The highest BCUT2D eigenvalue weighted by Crippen LogP contribution is 2.35. The van der Waals surface area contributed by atoms with Crippen molar-refractivity contribution in [1.29, 1.82) is 0 Å². The third-order valence-corrected chi connectivity index (χ3v) is 3.61. The molecule has 0 radical (unpaired) electrons. The normalized spacial score (nSPS) is 17.3. The molecule has 1 saturated carbocycles. The topological polar surface area (TPSA) is 43.7 Å². The van der Waals surface area contributed by atoms with Crippen LogP contribution in [0.2, 0.25) is 0 Å². The van der Waals surface area contributed by atoms with Crippen LogP contribution in [0, 0.1) is 5.82 Å². The Balaban J connectivity index is 2.38. The van der Waals surface area contributed by atoms with Gasteiger partial charge < -0.3 is 15.1 Å². The van der Waals surface area contributed by atoms with E-state index >= 15 is 0 Å². The van der Waals surface area contributed by atoms with Gasteiger partial charge in [0.1, 0.15) is 5.82 Å². The van der Waals surface area contributed by atoms with E-state index in [0.717, 1.165) is 19.3 Å². The Morgan fingerprint density at radius 1 is 1.44 bits per heavy atom. The molecule has 3 nitrogen and oxygen atoms in total. The zero-order valence-corrected chi connectivity index (χ0v) is 10.6. The molecule has 18 heavy (non-hydrogen) atoms. The quantitative estimate of drug-likeness (QED) is 0.845. The summed E-state index contributed by atoms with van der Waals surface area (Å²) >= 11 is 0. The van der Waals surface area contributed by atoms with E-state index in [0.29, 0.717) is 17.8 Å². The Morgan fingerprint density at radius 2 is 2.17 bits per heavy atom. The molecule has 4 heteroatoms. The van der Waals surface area contributed by atoms with Gasteiger partial charge in [-0.25, -0.2) is 4.39 Å². The summed E-state index contributed by atoms with van der Waals surface area (Å²) in [5, 5.41) is 18.9. The van der Waals surface area contributed by atoms with Crippen LogP contribution in [0.4, 0.5) is 10.1 Å². The maximum atomic E-state index is 14.1. The lowest BCUT2D eigenvalue weighted by Gasteiger charge is -2.40. The monoisotopic (exact) mass is 253 g/mol. The second-order valence-electron chi connectivity index (χ2n) is 4.86. The van der Waals surface area contributed by atoms with Crippen LogP contribution < -0.4 is 4.90 Å². The van der Waals surface area contributed by atoms with E-state index in [1.807, 2.05) is 4.90 Å². The lowest BCUT2D eigenvalue weighted by atomic mass is 9.90. The summed E-state index contributed by atoms with van der Waals surface area (Å²) in [5.41, 5.74) is 1.04. The molecule has 0 saturated heterocycles. The Hall–Kier alpha value is -1.13. The minimum absolute atomic E-state index is 0.00984. The molecular weight excluding hydrogens is 233 g/mol. The highest BCUT2D eigenvalue weighted by molar-refractivity contribution is 5.57. The van der Waals surface area contributed by atoms with Crippen molar-refractivity contribution in [3.05, 3.63) is 29.6 Å². The van der Waals surface area contributed by atoms with E-state index in [1.54, 1.807) is 19.1 Å². The number of anilines is 1. The van der Waals surface area contributed by atoms with Crippen molar-refractivity contribution in [3.63, 3.8) is 0 Å². The number of rotatable bonds is 5. The van der Waals surface area contributed by atoms with Crippen LogP contribution in [0.3, 0.4) is 0 Å². The largest absolute Gasteiger partial charge is 0.395 e. The molecule has 1 atom stereocenters. The van der Waals surface area contributed by atoms with Gasteiger partial charge in [-0.15, -0.1) is 0 Å². The van der Waals surface area contributed by atoms with E-state index in [4.69, 9.17) is 5.11 Å². The van der Waals surface area contributed by atoms with Gasteiger partial charge in [0, 0.05) is 18.2 Å². The van der Waals surface area contributed by atoms with Crippen LogP contribution in [0.15, 0.2) is 18.2 Å². The SMILES string of the molecule is C[C@@H](O)c1cccc(F)c1N(CCO)C1CCC1. The van der Waals surface area contributed by atoms with Gasteiger partial charge in [0.15, 0.2) is 0 Å². The number of hydrogen-bond donors (Lipinski definition) is 2. The van der Waals surface area contributed by atoms with Gasteiger partial charge in [-0.3, -0.25) is 0 Å². The Kier molecular flexibility index (Phi) is 4.19. The predicted octanol–water partition coefficient (Wildman–Crippen LogP) is 2.23. The van der Waals surface area contributed by atoms with Gasteiger partial charge in [-0.05, 0) is 32.3 Å². The minimum atomic E-state index is -0.711. The minimum Gasteiger partial charge on any atom is -0.395 e. The molecule has 0 unspecified atom stereocenters. The van der Waals surface area contributed by atoms with Gasteiger partial charge in [-0.1, -0.05) is 12.1 Å². The lowest BCUT2D eigenvalue weighted by Crippen LogP contribution is -2.43. The predicted molar refractivity (Wildman–Crippen MR) is 69.1 cm³/mol. The molecule has 2 rings (SSSR count). The van der Waals surface area contributed by atoms with Crippen LogP contribution in [0.5, 0.6) is 0 Å². The molecule has 1 fully saturated rings. The van der Waals surface area contributed by atoms with Gasteiger partial charge in [0.05, 0.1) is 18.4 Å². The Labute approximate surface area is 107 Å². The summed E-state index contributed by atoms with van der Waals surface area (Å²) in [4.78, 5) is 1.90. The summed E-state index contributed by atoms with van der Waals surface area (Å²) in [6.07, 6.45) is 2.48. The molecule has 1 aliphatic carbocycles. The molecule has 1 aliphatic rings. The molecule has 0 amide bonds. The van der Waals surface area contributed by atoms with Gasteiger partial charge in [0.2, 0.25) is 0 Å². The zero-order chi connectivity index (χ0) is 13.1. The van der Waals surface area contributed by atoms with Crippen molar-refractivity contribution < 1.29 is 14.6 Å². The van der Waals surface area contributed by atoms with Gasteiger partial charge >= 0.3 is 0 Å². The molecule has 2 N–H and O–H groups in total. The number of hydrogen-bond acceptors (Lipinski definition) is 3. The van der Waals surface area contributed by atoms with Crippen molar-refractivity contribution in [2.24, 2.45) is 0 Å². The first-order chi connectivity index (χ1) is 8.65. The van der Waals surface area contributed by atoms with Crippen molar-refractivity contribution in [2.75, 3.05) is 18.1 Å². The van der Waals surface area contributed by atoms with Crippen LogP contribution >= 0.6 is 0 Å². The maximum absolute atomic E-state index is 14.1. The second-order valence-corrected chi connectivity index (χ2v) is 4.86. The molecule has 1 aromatic carbocycles. The van der Waals surface area contributed by atoms with E-state index in [-0.39, 0.29) is 18.5 Å². The number of benzene rings is 1. The first-order valence-electron chi connectivity index (χ1n) is 6.49. The number of halogens is 1. The van der Waals surface area contributed by atoms with Crippen LogP contribution in [-0.4, -0.2) is 29.4 Å². The average Bonchev–Trinajstić information content (AvgIpc) is 2.25. The molecule has 1 aromatic rings. The fourth-order valence-electron chi connectivity index (χ4n) is 2.46. The Morgan fingerprint density at radius 3 is 2.67 bits per heavy atom. The van der Waals surface area contributed by atoms with Crippen LogP contribution in [0.25, 0.3) is 0 Å². The second kappa shape index (κ2) is 5.67. The van der Waals surface area contributed by atoms with E-state index in [2.05, 4.69) is 0 Å². The first kappa shape index (κ1) is 13.3. The first-order valence-corrected chi connectivity index (χ1v) is 6.49. The maximum Gasteiger partial charge on any atom is 0.146 e. The molecule has 0 heterocycles. The van der Waals surface area contributed by atoms with Crippen molar-refractivity contribution in [1.82, 2.24) is 0 Å². The number of aliphatic hydroxyl groups excluding tert-OH is 2. The molecular formula is C14H20FNO2. The van der Waals surface area contributed by atoms with E-state index < -0.39 is 6.10 Å².